The zero-order valence-corrected chi connectivity index (χ0v) is 10.2. The van der Waals surface area contributed by atoms with Crippen molar-refractivity contribution in [1.29, 1.82) is 0 Å². The molecular formula is C11H6Cl2F2S. The fraction of sp³-hybridized carbons (Fsp3) is 0.0909. The molecule has 1 aromatic carbocycles. The molecule has 0 saturated carbocycles. The van der Waals surface area contributed by atoms with E-state index in [2.05, 4.69) is 0 Å². The van der Waals surface area contributed by atoms with E-state index in [0.29, 0.717) is 9.90 Å². The highest BCUT2D eigenvalue weighted by Crippen LogP contribution is 2.35. The fourth-order valence-electron chi connectivity index (χ4n) is 1.30. The first-order chi connectivity index (χ1) is 7.58. The van der Waals surface area contributed by atoms with Crippen LogP contribution in [-0.2, 0) is 0 Å². The minimum atomic E-state index is -0.897. The monoisotopic (exact) mass is 278 g/mol. The topological polar surface area (TPSA) is 0 Å². The number of alkyl halides is 1. The highest BCUT2D eigenvalue weighted by molar-refractivity contribution is 7.16. The highest BCUT2D eigenvalue weighted by atomic mass is 35.5. The molecule has 0 amide bonds. The van der Waals surface area contributed by atoms with Gasteiger partial charge in [-0.2, -0.15) is 0 Å². The largest absolute Gasteiger partial charge is 0.204 e. The lowest BCUT2D eigenvalue weighted by atomic mass is 10.1. The lowest BCUT2D eigenvalue weighted by Gasteiger charge is -2.07. The zero-order valence-electron chi connectivity index (χ0n) is 7.88. The third-order valence-electron chi connectivity index (χ3n) is 2.08. The van der Waals surface area contributed by atoms with Crippen molar-refractivity contribution in [3.63, 3.8) is 0 Å². The van der Waals surface area contributed by atoms with Gasteiger partial charge >= 0.3 is 0 Å². The summed E-state index contributed by atoms with van der Waals surface area (Å²) in [6.45, 7) is 0. The van der Waals surface area contributed by atoms with Gasteiger partial charge < -0.3 is 0 Å². The molecule has 0 saturated heterocycles. The van der Waals surface area contributed by atoms with Gasteiger partial charge in [0, 0.05) is 4.88 Å². The van der Waals surface area contributed by atoms with E-state index in [0.717, 1.165) is 17.0 Å². The van der Waals surface area contributed by atoms with Crippen molar-refractivity contribution < 1.29 is 8.78 Å². The van der Waals surface area contributed by atoms with Crippen molar-refractivity contribution in [2.45, 2.75) is 5.38 Å². The van der Waals surface area contributed by atoms with Crippen LogP contribution in [0.3, 0.4) is 0 Å². The molecule has 2 aromatic rings. The van der Waals surface area contributed by atoms with Crippen molar-refractivity contribution >= 4 is 34.5 Å². The number of hydrogen-bond donors (Lipinski definition) is 0. The molecule has 0 spiro atoms. The van der Waals surface area contributed by atoms with Gasteiger partial charge in [0.2, 0.25) is 0 Å². The second-order valence-electron chi connectivity index (χ2n) is 3.18. The highest BCUT2D eigenvalue weighted by Gasteiger charge is 2.15. The summed E-state index contributed by atoms with van der Waals surface area (Å²) in [4.78, 5) is 0.803. The van der Waals surface area contributed by atoms with Crippen LogP contribution in [0.15, 0.2) is 30.3 Å². The molecule has 1 atom stereocenters. The maximum atomic E-state index is 13.0. The molecule has 16 heavy (non-hydrogen) atoms. The summed E-state index contributed by atoms with van der Waals surface area (Å²) in [5.41, 5.74) is 0.513. The van der Waals surface area contributed by atoms with Gasteiger partial charge in [-0.15, -0.1) is 22.9 Å². The number of thiophene rings is 1. The molecule has 0 radical (unpaired) electrons. The Morgan fingerprint density at radius 1 is 1.06 bits per heavy atom. The van der Waals surface area contributed by atoms with E-state index >= 15 is 0 Å². The molecule has 0 fully saturated rings. The van der Waals surface area contributed by atoms with Gasteiger partial charge in [0.15, 0.2) is 11.6 Å². The van der Waals surface area contributed by atoms with E-state index in [9.17, 15) is 8.78 Å². The van der Waals surface area contributed by atoms with Crippen molar-refractivity contribution in [2.75, 3.05) is 0 Å². The van der Waals surface area contributed by atoms with Crippen LogP contribution in [0.1, 0.15) is 15.8 Å². The standard InChI is InChI=1S/C11H6Cl2F2S/c12-10-4-3-9(16-10)11(13)6-1-2-7(14)8(15)5-6/h1-5,11H. The molecule has 0 bridgehead atoms. The molecule has 84 valence electrons. The quantitative estimate of drug-likeness (QED) is 0.678. The third kappa shape index (κ3) is 2.37. The molecule has 0 N–H and O–H groups in total. The van der Waals surface area contributed by atoms with Gasteiger partial charge in [0.1, 0.15) is 0 Å². The predicted octanol–water partition coefficient (Wildman–Crippen LogP) is 5.01. The lowest BCUT2D eigenvalue weighted by Crippen LogP contribution is -1.93. The van der Waals surface area contributed by atoms with Crippen LogP contribution in [0.4, 0.5) is 8.78 Å². The Bertz CT molecular complexity index is 510. The first kappa shape index (κ1) is 11.8. The SMILES string of the molecule is Fc1ccc(C(Cl)c2ccc(Cl)s2)cc1F. The van der Waals surface area contributed by atoms with Gasteiger partial charge in [0.25, 0.3) is 0 Å². The Hall–Kier alpha value is -0.640. The lowest BCUT2D eigenvalue weighted by molar-refractivity contribution is 0.507. The normalized spacial score (nSPS) is 12.8. The van der Waals surface area contributed by atoms with Crippen LogP contribution in [0, 0.1) is 11.6 Å². The summed E-state index contributed by atoms with van der Waals surface area (Å²) in [7, 11) is 0. The second-order valence-corrected chi connectivity index (χ2v) is 5.36. The maximum Gasteiger partial charge on any atom is 0.159 e. The average Bonchev–Trinajstić information content (AvgIpc) is 2.68. The summed E-state index contributed by atoms with van der Waals surface area (Å²) < 4.78 is 26.4. The Labute approximate surface area is 105 Å². The van der Waals surface area contributed by atoms with Crippen LogP contribution in [-0.4, -0.2) is 0 Å². The minimum Gasteiger partial charge on any atom is -0.204 e. The van der Waals surface area contributed by atoms with Gasteiger partial charge in [-0.3, -0.25) is 0 Å². The van der Waals surface area contributed by atoms with Crippen molar-refractivity contribution in [1.82, 2.24) is 0 Å². The molecular weight excluding hydrogens is 273 g/mol. The van der Waals surface area contributed by atoms with Crippen LogP contribution in [0.2, 0.25) is 4.34 Å². The summed E-state index contributed by atoms with van der Waals surface area (Å²) in [5, 5.41) is -0.507. The Kier molecular flexibility index (Phi) is 3.47. The number of halogens is 4. The van der Waals surface area contributed by atoms with E-state index in [1.54, 1.807) is 12.1 Å². The molecule has 0 aliphatic heterocycles. The van der Waals surface area contributed by atoms with Crippen LogP contribution in [0.5, 0.6) is 0 Å². The maximum absolute atomic E-state index is 13.0. The van der Waals surface area contributed by atoms with Crippen molar-refractivity contribution in [3.8, 4) is 0 Å². The van der Waals surface area contributed by atoms with E-state index in [1.165, 1.54) is 17.4 Å². The van der Waals surface area contributed by atoms with Gasteiger partial charge in [0.05, 0.1) is 9.71 Å². The van der Waals surface area contributed by atoms with E-state index in [4.69, 9.17) is 23.2 Å². The third-order valence-corrected chi connectivity index (χ3v) is 3.99. The van der Waals surface area contributed by atoms with E-state index < -0.39 is 17.0 Å². The van der Waals surface area contributed by atoms with Gasteiger partial charge in [-0.05, 0) is 29.8 Å². The molecule has 5 heteroatoms. The van der Waals surface area contributed by atoms with Gasteiger partial charge in [-0.25, -0.2) is 8.78 Å². The molecule has 2 rings (SSSR count). The first-order valence-corrected chi connectivity index (χ1v) is 6.05. The minimum absolute atomic E-state index is 0.507. The number of benzene rings is 1. The van der Waals surface area contributed by atoms with Crippen molar-refractivity contribution in [2.24, 2.45) is 0 Å². The second kappa shape index (κ2) is 4.70. The van der Waals surface area contributed by atoms with E-state index in [-0.39, 0.29) is 0 Å². The molecule has 1 aromatic heterocycles. The van der Waals surface area contributed by atoms with Gasteiger partial charge in [-0.1, -0.05) is 17.7 Å². The van der Waals surface area contributed by atoms with Crippen LogP contribution >= 0.6 is 34.5 Å². The number of hydrogen-bond acceptors (Lipinski definition) is 1. The number of rotatable bonds is 2. The molecule has 0 aliphatic rings. The molecule has 0 nitrogen and oxygen atoms in total. The van der Waals surface area contributed by atoms with Crippen molar-refractivity contribution in [3.05, 3.63) is 56.7 Å². The Morgan fingerprint density at radius 3 is 2.38 bits per heavy atom. The smallest absolute Gasteiger partial charge is 0.159 e. The Morgan fingerprint density at radius 2 is 1.81 bits per heavy atom. The van der Waals surface area contributed by atoms with Crippen LogP contribution < -0.4 is 0 Å². The summed E-state index contributed by atoms with van der Waals surface area (Å²) in [5.74, 6) is -1.78. The van der Waals surface area contributed by atoms with Crippen LogP contribution in [0.25, 0.3) is 0 Å². The Balaban J connectivity index is 2.33. The first-order valence-electron chi connectivity index (χ1n) is 4.42. The fourth-order valence-corrected chi connectivity index (χ4v) is 2.71. The summed E-state index contributed by atoms with van der Waals surface area (Å²) in [6.07, 6.45) is 0. The molecule has 1 heterocycles. The van der Waals surface area contributed by atoms with E-state index in [1.807, 2.05) is 0 Å². The zero-order chi connectivity index (χ0) is 11.7. The average molecular weight is 279 g/mol. The summed E-state index contributed by atoms with van der Waals surface area (Å²) in [6, 6.07) is 7.11. The molecule has 0 aliphatic carbocycles. The summed E-state index contributed by atoms with van der Waals surface area (Å²) >= 11 is 13.2. The predicted molar refractivity (Wildman–Crippen MR) is 63.4 cm³/mol. The molecule has 1 unspecified atom stereocenters.